The van der Waals surface area contributed by atoms with Gasteiger partial charge in [0.05, 0.1) is 38.9 Å². The number of carbonyl (C=O) groups excluding carboxylic acids is 2. The van der Waals surface area contributed by atoms with E-state index in [1.54, 1.807) is 33.9 Å². The summed E-state index contributed by atoms with van der Waals surface area (Å²) < 4.78 is 20.3. The van der Waals surface area contributed by atoms with Crippen molar-refractivity contribution >= 4 is 42.1 Å². The van der Waals surface area contributed by atoms with Gasteiger partial charge in [0, 0.05) is 30.3 Å². The van der Waals surface area contributed by atoms with Gasteiger partial charge in [0.25, 0.3) is 11.8 Å². The van der Waals surface area contributed by atoms with E-state index in [0.29, 0.717) is 42.3 Å². The first kappa shape index (κ1) is 36.4. The summed E-state index contributed by atoms with van der Waals surface area (Å²) in [4.78, 5) is 32.0. The number of methoxy groups -OCH3 is 1. The average molecular weight is 756 g/mol. The fourth-order valence-electron chi connectivity index (χ4n) is 9.02. The molecule has 0 unspecified atom stereocenters. The molecule has 2 amide bonds. The molecule has 55 heavy (non-hydrogen) atoms. The van der Waals surface area contributed by atoms with Gasteiger partial charge < -0.3 is 24.2 Å². The molecule has 282 valence electrons. The van der Waals surface area contributed by atoms with Crippen molar-refractivity contribution < 1.29 is 28.9 Å². The third-order valence-electron chi connectivity index (χ3n) is 11.7. The van der Waals surface area contributed by atoms with E-state index in [0.717, 1.165) is 22.6 Å². The number of ether oxygens (including phenoxy) is 3. The quantitative estimate of drug-likeness (QED) is 0.124. The number of amides is 2. The summed E-state index contributed by atoms with van der Waals surface area (Å²) in [6.07, 6.45) is 2.80. The zero-order valence-electron chi connectivity index (χ0n) is 31.5. The van der Waals surface area contributed by atoms with Crippen LogP contribution in [-0.4, -0.2) is 66.4 Å². The summed E-state index contributed by atoms with van der Waals surface area (Å²) in [5.41, 5.74) is 2.62. The molecule has 3 aliphatic heterocycles. The number of aromatic nitrogens is 3. The minimum atomic E-state index is -2.43. The lowest BCUT2D eigenvalue weighted by atomic mass is 9.82. The highest BCUT2D eigenvalue weighted by atomic mass is 28.3. The Bertz CT molecular complexity index is 2240. The molecular formula is C43H45N5O6Si. The molecule has 4 aromatic carbocycles. The van der Waals surface area contributed by atoms with Crippen LogP contribution in [0.2, 0.25) is 18.6 Å². The Balaban J connectivity index is 1.20. The van der Waals surface area contributed by atoms with Gasteiger partial charge in [0.2, 0.25) is 0 Å². The fourth-order valence-corrected chi connectivity index (χ4v) is 13.1. The van der Waals surface area contributed by atoms with Crippen LogP contribution in [0.1, 0.15) is 36.3 Å². The summed E-state index contributed by atoms with van der Waals surface area (Å²) >= 11 is 0. The predicted octanol–water partition coefficient (Wildman–Crippen LogP) is 6.26. The zero-order valence-corrected chi connectivity index (χ0v) is 32.5. The first-order valence-corrected chi connectivity index (χ1v) is 21.7. The number of anilines is 3. The van der Waals surface area contributed by atoms with E-state index in [4.69, 9.17) is 14.2 Å². The van der Waals surface area contributed by atoms with Gasteiger partial charge in [-0.05, 0) is 60.0 Å². The van der Waals surface area contributed by atoms with E-state index in [1.165, 1.54) is 5.19 Å². The molecule has 1 saturated heterocycles. The normalized spacial score (nSPS) is 22.4. The summed E-state index contributed by atoms with van der Waals surface area (Å²) in [6.45, 7) is 11.5. The molecule has 1 N–H and O–H groups in total. The smallest absolute Gasteiger partial charge is 0.269 e. The summed E-state index contributed by atoms with van der Waals surface area (Å²) in [6, 6.07) is 30.9. The van der Waals surface area contributed by atoms with Crippen LogP contribution < -0.4 is 24.5 Å². The number of fused-ring (bicyclic) bond motifs is 3. The molecule has 11 nitrogen and oxygen atoms in total. The van der Waals surface area contributed by atoms with Crippen LogP contribution in [0.4, 0.5) is 17.1 Å². The zero-order chi connectivity index (χ0) is 38.5. The third-order valence-corrected chi connectivity index (χ3v) is 16.0. The van der Waals surface area contributed by atoms with Gasteiger partial charge in [0.1, 0.15) is 23.3 Å². The van der Waals surface area contributed by atoms with E-state index in [1.807, 2.05) is 84.9 Å². The van der Waals surface area contributed by atoms with Crippen LogP contribution in [0.5, 0.6) is 11.5 Å². The van der Waals surface area contributed by atoms with Gasteiger partial charge in [-0.25, -0.2) is 0 Å². The van der Waals surface area contributed by atoms with Crippen LogP contribution in [0.15, 0.2) is 116 Å². The SMILES string of the molecule is C=CCN1C(=O)[C@@]2(O[C@@H](CCn3cc([C@H](O)c4ccccc4)nn3)[C@H]([Si](C)(C)c3ccc(OC)cc3)[C@H]2C)c2cc(N3C(=O)COc4ccccc43)ccc21. The van der Waals surface area contributed by atoms with Crippen molar-refractivity contribution in [1.29, 1.82) is 0 Å². The number of rotatable bonds is 11. The number of para-hydroxylation sites is 2. The topological polar surface area (TPSA) is 119 Å². The van der Waals surface area contributed by atoms with E-state index in [-0.39, 0.29) is 36.0 Å². The third kappa shape index (κ3) is 6.05. The Hall–Kier alpha value is -5.56. The predicted molar refractivity (Wildman–Crippen MR) is 213 cm³/mol. The molecule has 5 atom stereocenters. The minimum Gasteiger partial charge on any atom is -0.497 e. The molecule has 0 saturated carbocycles. The maximum Gasteiger partial charge on any atom is 0.269 e. The molecule has 1 aromatic heterocycles. The lowest BCUT2D eigenvalue weighted by Crippen LogP contribution is -2.52. The molecule has 12 heteroatoms. The molecule has 3 aliphatic rings. The molecule has 0 radical (unpaired) electrons. The number of carbonyl (C=O) groups is 2. The number of aryl methyl sites for hydroxylation is 1. The Labute approximate surface area is 321 Å². The summed E-state index contributed by atoms with van der Waals surface area (Å²) in [7, 11) is -0.769. The van der Waals surface area contributed by atoms with Gasteiger partial charge in [-0.2, -0.15) is 0 Å². The maximum atomic E-state index is 15.1. The van der Waals surface area contributed by atoms with Gasteiger partial charge in [-0.15, -0.1) is 11.7 Å². The van der Waals surface area contributed by atoms with Gasteiger partial charge in [-0.1, -0.05) is 91.1 Å². The van der Waals surface area contributed by atoms with Crippen LogP contribution in [0.25, 0.3) is 0 Å². The average Bonchev–Trinajstić information content (AvgIpc) is 3.87. The number of aliphatic hydroxyl groups is 1. The van der Waals surface area contributed by atoms with Crippen molar-refractivity contribution in [3.8, 4) is 11.5 Å². The van der Waals surface area contributed by atoms with Crippen LogP contribution in [-0.2, 0) is 26.5 Å². The second-order valence-corrected chi connectivity index (χ2v) is 19.7. The van der Waals surface area contributed by atoms with E-state index < -0.39 is 19.8 Å². The second-order valence-electron chi connectivity index (χ2n) is 15.1. The monoisotopic (exact) mass is 755 g/mol. The van der Waals surface area contributed by atoms with Crippen molar-refractivity contribution in [2.45, 2.75) is 56.3 Å². The molecular weight excluding hydrogens is 711 g/mol. The fraction of sp³-hybridized carbons (Fsp3) is 0.302. The first-order chi connectivity index (χ1) is 26.6. The molecule has 0 bridgehead atoms. The Morgan fingerprint density at radius 2 is 1.76 bits per heavy atom. The molecule has 8 rings (SSSR count). The Kier molecular flexibility index (Phi) is 9.44. The number of hydrogen-bond acceptors (Lipinski definition) is 8. The van der Waals surface area contributed by atoms with Crippen molar-refractivity contribution in [2.75, 3.05) is 30.1 Å². The van der Waals surface area contributed by atoms with Gasteiger partial charge in [0.15, 0.2) is 12.2 Å². The van der Waals surface area contributed by atoms with E-state index >= 15 is 4.79 Å². The summed E-state index contributed by atoms with van der Waals surface area (Å²) in [5.74, 6) is 0.808. The Morgan fingerprint density at radius 3 is 2.51 bits per heavy atom. The number of aliphatic hydroxyl groups excluding tert-OH is 1. The van der Waals surface area contributed by atoms with Gasteiger partial charge in [-0.3, -0.25) is 19.2 Å². The van der Waals surface area contributed by atoms with Gasteiger partial charge >= 0.3 is 0 Å². The number of benzene rings is 4. The molecule has 5 aromatic rings. The standard InChI is InChI=1S/C43H45N5O6Si/c1-6-23-47-35-21-16-30(48-36-14-10-11-15-37(36)53-27-39(48)49)25-33(35)43(42(47)51)28(2)41(55(4,5)32-19-17-31(52-3)18-20-32)38(54-43)22-24-46-26-34(44-45-46)40(50)29-12-8-7-9-13-29/h6-21,25-26,28,38,40-41,50H,1,22-24,27H2,2-5H3/t28-,38+,40-,41-,43+/m1/s1. The number of nitrogens with zero attached hydrogens (tertiary/aromatic N) is 5. The highest BCUT2D eigenvalue weighted by Crippen LogP contribution is 2.60. The first-order valence-electron chi connectivity index (χ1n) is 18.7. The lowest BCUT2D eigenvalue weighted by molar-refractivity contribution is -0.145. The molecule has 0 aliphatic carbocycles. The van der Waals surface area contributed by atoms with Crippen LogP contribution in [0.3, 0.4) is 0 Å². The van der Waals surface area contributed by atoms with Crippen molar-refractivity contribution in [1.82, 2.24) is 15.0 Å². The molecule has 4 heterocycles. The van der Waals surface area contributed by atoms with Crippen molar-refractivity contribution in [3.05, 3.63) is 133 Å². The summed E-state index contributed by atoms with van der Waals surface area (Å²) in [5, 5.41) is 20.9. The highest BCUT2D eigenvalue weighted by Gasteiger charge is 2.66. The van der Waals surface area contributed by atoms with Crippen LogP contribution in [0, 0.1) is 5.92 Å². The number of hydrogen-bond donors (Lipinski definition) is 1. The van der Waals surface area contributed by atoms with E-state index in [2.05, 4.69) is 49.0 Å². The molecule has 1 spiro atoms. The second kappa shape index (κ2) is 14.3. The Morgan fingerprint density at radius 1 is 1.02 bits per heavy atom. The van der Waals surface area contributed by atoms with Crippen LogP contribution >= 0.6 is 0 Å². The highest BCUT2D eigenvalue weighted by molar-refractivity contribution is 6.91. The van der Waals surface area contributed by atoms with Crippen molar-refractivity contribution in [2.24, 2.45) is 5.92 Å². The van der Waals surface area contributed by atoms with E-state index in [9.17, 15) is 9.90 Å². The maximum absolute atomic E-state index is 15.1. The molecule has 1 fully saturated rings. The minimum absolute atomic E-state index is 0.0197. The largest absolute Gasteiger partial charge is 0.497 e. The lowest BCUT2D eigenvalue weighted by Gasteiger charge is -2.37. The van der Waals surface area contributed by atoms with Crippen molar-refractivity contribution in [3.63, 3.8) is 0 Å².